The second-order valence-electron chi connectivity index (χ2n) is 7.45. The smallest absolute Gasteiger partial charge is 0.303 e. The van der Waals surface area contributed by atoms with Gasteiger partial charge < -0.3 is 5.11 Å². The average molecular weight is 378 g/mol. The Labute approximate surface area is 155 Å². The number of carbonyl (C=O) groups is 1. The number of nitrogens with one attached hydrogen (secondary N) is 1. The van der Waals surface area contributed by atoms with Crippen molar-refractivity contribution in [3.05, 3.63) is 42.5 Å². The number of carboxylic acids is 1. The SMILES string of the molecule is O=C(O)CCC/C=C\C[C@@H]1[C@H]2CC[C@H](C2)[C@H]1NS(=O)(=O)c1ccccc1. The summed E-state index contributed by atoms with van der Waals surface area (Å²) < 4.78 is 28.4. The van der Waals surface area contributed by atoms with Crippen molar-refractivity contribution in [2.75, 3.05) is 0 Å². The van der Waals surface area contributed by atoms with Crippen LogP contribution < -0.4 is 4.72 Å². The Morgan fingerprint density at radius 3 is 2.62 bits per heavy atom. The van der Waals surface area contributed by atoms with Gasteiger partial charge in [0.05, 0.1) is 4.90 Å². The first kappa shape index (κ1) is 19.1. The second kappa shape index (κ2) is 8.35. The Morgan fingerprint density at radius 2 is 1.88 bits per heavy atom. The van der Waals surface area contributed by atoms with E-state index in [9.17, 15) is 13.2 Å². The molecule has 6 heteroatoms. The Kier molecular flexibility index (Phi) is 6.14. The lowest BCUT2D eigenvalue weighted by Crippen LogP contribution is -2.43. The van der Waals surface area contributed by atoms with Crippen molar-refractivity contribution in [2.24, 2.45) is 17.8 Å². The van der Waals surface area contributed by atoms with Gasteiger partial charge in [0.25, 0.3) is 0 Å². The highest BCUT2D eigenvalue weighted by molar-refractivity contribution is 7.89. The van der Waals surface area contributed by atoms with Crippen LogP contribution in [-0.2, 0) is 14.8 Å². The summed E-state index contributed by atoms with van der Waals surface area (Å²) in [6, 6.07) is 8.57. The third-order valence-electron chi connectivity index (χ3n) is 5.77. The fraction of sp³-hybridized carbons (Fsp3) is 0.550. The minimum absolute atomic E-state index is 0.00243. The molecule has 0 radical (unpaired) electrons. The van der Waals surface area contributed by atoms with Gasteiger partial charge >= 0.3 is 5.97 Å². The van der Waals surface area contributed by atoms with Crippen molar-refractivity contribution in [2.45, 2.75) is 55.9 Å². The first-order valence-electron chi connectivity index (χ1n) is 9.41. The molecule has 3 rings (SSSR count). The molecule has 0 heterocycles. The molecule has 2 fully saturated rings. The number of hydrogen-bond donors (Lipinski definition) is 2. The number of allylic oxidation sites excluding steroid dienone is 2. The van der Waals surface area contributed by atoms with Gasteiger partial charge in [0.2, 0.25) is 10.0 Å². The van der Waals surface area contributed by atoms with E-state index in [1.807, 2.05) is 12.1 Å². The molecule has 142 valence electrons. The summed E-state index contributed by atoms with van der Waals surface area (Å²) in [5, 5.41) is 8.66. The average Bonchev–Trinajstić information content (AvgIpc) is 3.20. The summed E-state index contributed by atoms with van der Waals surface area (Å²) >= 11 is 0. The van der Waals surface area contributed by atoms with E-state index in [2.05, 4.69) is 10.8 Å². The molecule has 2 saturated carbocycles. The molecule has 0 saturated heterocycles. The van der Waals surface area contributed by atoms with Crippen LogP contribution >= 0.6 is 0 Å². The van der Waals surface area contributed by atoms with E-state index >= 15 is 0 Å². The lowest BCUT2D eigenvalue weighted by Gasteiger charge is -2.31. The third kappa shape index (κ3) is 4.54. The molecule has 0 unspecified atom stereocenters. The van der Waals surface area contributed by atoms with Crippen LogP contribution in [0.3, 0.4) is 0 Å². The molecule has 4 atom stereocenters. The Morgan fingerprint density at radius 1 is 1.15 bits per heavy atom. The maximum absolute atomic E-state index is 12.7. The van der Waals surface area contributed by atoms with Crippen molar-refractivity contribution in [1.82, 2.24) is 4.72 Å². The third-order valence-corrected chi connectivity index (χ3v) is 7.24. The topological polar surface area (TPSA) is 83.5 Å². The molecule has 0 aliphatic heterocycles. The molecule has 2 aliphatic rings. The number of sulfonamides is 1. The van der Waals surface area contributed by atoms with Crippen LogP contribution in [-0.4, -0.2) is 25.5 Å². The van der Waals surface area contributed by atoms with E-state index in [1.54, 1.807) is 24.3 Å². The summed E-state index contributed by atoms with van der Waals surface area (Å²) in [6.45, 7) is 0. The monoisotopic (exact) mass is 377 g/mol. The molecule has 2 aliphatic carbocycles. The predicted octanol–water partition coefficient (Wildman–Crippen LogP) is 3.58. The van der Waals surface area contributed by atoms with Crippen molar-refractivity contribution in [1.29, 1.82) is 0 Å². The fourth-order valence-electron chi connectivity index (χ4n) is 4.52. The maximum Gasteiger partial charge on any atom is 0.303 e. The van der Waals surface area contributed by atoms with Gasteiger partial charge in [0.15, 0.2) is 0 Å². The lowest BCUT2D eigenvalue weighted by molar-refractivity contribution is -0.137. The van der Waals surface area contributed by atoms with Gasteiger partial charge in [-0.1, -0.05) is 30.4 Å². The molecule has 5 nitrogen and oxygen atoms in total. The van der Waals surface area contributed by atoms with E-state index in [0.717, 1.165) is 25.7 Å². The first-order valence-corrected chi connectivity index (χ1v) is 10.9. The summed E-state index contributed by atoms with van der Waals surface area (Å²) in [4.78, 5) is 10.9. The number of rotatable bonds is 9. The quantitative estimate of drug-likeness (QED) is 0.509. The molecule has 1 aromatic carbocycles. The van der Waals surface area contributed by atoms with Gasteiger partial charge in [-0.15, -0.1) is 0 Å². The first-order chi connectivity index (χ1) is 12.5. The molecule has 26 heavy (non-hydrogen) atoms. The van der Waals surface area contributed by atoms with Crippen LogP contribution in [0.2, 0.25) is 0 Å². The minimum atomic E-state index is -3.49. The molecule has 0 amide bonds. The van der Waals surface area contributed by atoms with Gasteiger partial charge in [-0.25, -0.2) is 13.1 Å². The van der Waals surface area contributed by atoms with Crippen molar-refractivity contribution >= 4 is 16.0 Å². The van der Waals surface area contributed by atoms with Gasteiger partial charge in [-0.05, 0) is 68.4 Å². The van der Waals surface area contributed by atoms with Gasteiger partial charge in [0, 0.05) is 12.5 Å². The van der Waals surface area contributed by atoms with Crippen LogP contribution in [0.4, 0.5) is 0 Å². The van der Waals surface area contributed by atoms with Crippen LogP contribution in [0.5, 0.6) is 0 Å². The minimum Gasteiger partial charge on any atom is -0.481 e. The molecular formula is C20H27NO4S. The highest BCUT2D eigenvalue weighted by atomic mass is 32.2. The Hall–Kier alpha value is -1.66. The molecule has 1 aromatic rings. The summed E-state index contributed by atoms with van der Waals surface area (Å²) in [5.74, 6) is 0.598. The number of benzene rings is 1. The number of carboxylic acid groups (broad SMARTS) is 1. The standard InChI is InChI=1S/C20H27NO4S/c22-19(23)11-7-2-1-6-10-18-15-12-13-16(14-15)20(18)21-26(24,25)17-8-4-3-5-9-17/h1,3-6,8-9,15-16,18,20-21H,2,7,10-14H2,(H,22,23)/b6-1-/t15-,16+,18+,20+/m0/s1. The number of hydrogen-bond acceptors (Lipinski definition) is 3. The van der Waals surface area contributed by atoms with Gasteiger partial charge in [-0.3, -0.25) is 4.79 Å². The van der Waals surface area contributed by atoms with Crippen LogP contribution in [0.15, 0.2) is 47.4 Å². The highest BCUT2D eigenvalue weighted by Crippen LogP contribution is 2.50. The van der Waals surface area contributed by atoms with E-state index < -0.39 is 16.0 Å². The zero-order chi connectivity index (χ0) is 18.6. The molecule has 0 spiro atoms. The molecule has 2 bridgehead atoms. The molecule has 2 N–H and O–H groups in total. The van der Waals surface area contributed by atoms with Crippen molar-refractivity contribution in [3.63, 3.8) is 0 Å². The normalized spacial score (nSPS) is 28.0. The number of unbranched alkanes of at least 4 members (excludes halogenated alkanes) is 1. The maximum atomic E-state index is 12.7. The molecular weight excluding hydrogens is 350 g/mol. The van der Waals surface area contributed by atoms with E-state index in [0.29, 0.717) is 29.1 Å². The predicted molar refractivity (Wildman–Crippen MR) is 100 cm³/mol. The molecule has 0 aromatic heterocycles. The summed E-state index contributed by atoms with van der Waals surface area (Å²) in [7, 11) is -3.49. The lowest BCUT2D eigenvalue weighted by atomic mass is 9.83. The number of aliphatic carboxylic acids is 1. The van der Waals surface area contributed by atoms with E-state index in [4.69, 9.17) is 5.11 Å². The van der Waals surface area contributed by atoms with E-state index in [-0.39, 0.29) is 12.5 Å². The van der Waals surface area contributed by atoms with Crippen molar-refractivity contribution in [3.8, 4) is 0 Å². The van der Waals surface area contributed by atoms with Crippen molar-refractivity contribution < 1.29 is 18.3 Å². The summed E-state index contributed by atoms with van der Waals surface area (Å²) in [5.41, 5.74) is 0. The van der Waals surface area contributed by atoms with Gasteiger partial charge in [-0.2, -0.15) is 0 Å². The fourth-order valence-corrected chi connectivity index (χ4v) is 5.90. The van der Waals surface area contributed by atoms with Crippen LogP contribution in [0.25, 0.3) is 0 Å². The largest absolute Gasteiger partial charge is 0.481 e. The van der Waals surface area contributed by atoms with E-state index in [1.165, 1.54) is 6.42 Å². The Bertz CT molecular complexity index is 744. The summed E-state index contributed by atoms with van der Waals surface area (Å²) in [6.07, 6.45) is 10.00. The zero-order valence-corrected chi connectivity index (χ0v) is 15.7. The van der Waals surface area contributed by atoms with Crippen LogP contribution in [0, 0.1) is 17.8 Å². The Balaban J connectivity index is 1.60. The van der Waals surface area contributed by atoms with Gasteiger partial charge in [0.1, 0.15) is 0 Å². The second-order valence-corrected chi connectivity index (χ2v) is 9.16. The van der Waals surface area contributed by atoms with Crippen LogP contribution in [0.1, 0.15) is 44.9 Å². The zero-order valence-electron chi connectivity index (χ0n) is 14.9. The number of fused-ring (bicyclic) bond motifs is 2. The highest BCUT2D eigenvalue weighted by Gasteiger charge is 2.48.